The van der Waals surface area contributed by atoms with Gasteiger partial charge in [0.25, 0.3) is 0 Å². The minimum atomic E-state index is -1.09. The summed E-state index contributed by atoms with van der Waals surface area (Å²) in [6.45, 7) is 1.83. The van der Waals surface area contributed by atoms with Gasteiger partial charge in [-0.2, -0.15) is 0 Å². The molecule has 1 aromatic heterocycles. The van der Waals surface area contributed by atoms with Crippen molar-refractivity contribution in [1.29, 1.82) is 0 Å². The minimum Gasteiger partial charge on any atom is -0.495 e. The maximum Gasteiger partial charge on any atom is 0.331 e. The quantitative estimate of drug-likeness (QED) is 0.608. The largest absolute Gasteiger partial charge is 0.495 e. The number of carboxylic acids is 1. The van der Waals surface area contributed by atoms with E-state index in [0.717, 1.165) is 5.69 Å². The van der Waals surface area contributed by atoms with Crippen molar-refractivity contribution in [2.24, 2.45) is 0 Å². The summed E-state index contributed by atoms with van der Waals surface area (Å²) >= 11 is 5.60. The van der Waals surface area contributed by atoms with E-state index < -0.39 is 11.8 Å². The van der Waals surface area contributed by atoms with Gasteiger partial charge in [-0.05, 0) is 31.9 Å². The van der Waals surface area contributed by atoms with E-state index in [1.165, 1.54) is 25.3 Å². The minimum absolute atomic E-state index is 0.0998. The van der Waals surface area contributed by atoms with Crippen molar-refractivity contribution >= 4 is 23.6 Å². The predicted octanol–water partition coefficient (Wildman–Crippen LogP) is 3.82. The van der Waals surface area contributed by atoms with Crippen molar-refractivity contribution in [3.63, 3.8) is 0 Å². The molecule has 7 heteroatoms. The number of halogens is 2. The highest BCUT2D eigenvalue weighted by molar-refractivity contribution is 6.17. The molecule has 1 aromatic carbocycles. The fraction of sp³-hybridized carbons (Fsp3) is 0.294. The predicted molar refractivity (Wildman–Crippen MR) is 90.4 cm³/mol. The number of rotatable bonds is 7. The van der Waals surface area contributed by atoms with Gasteiger partial charge in [-0.3, -0.25) is 0 Å². The van der Waals surface area contributed by atoms with E-state index in [-0.39, 0.29) is 17.6 Å². The van der Waals surface area contributed by atoms with Crippen LogP contribution in [0.4, 0.5) is 4.39 Å². The van der Waals surface area contributed by atoms with Crippen molar-refractivity contribution in [1.82, 2.24) is 9.55 Å². The molecule has 0 atom stereocenters. The van der Waals surface area contributed by atoms with Gasteiger partial charge < -0.3 is 14.4 Å². The smallest absolute Gasteiger partial charge is 0.331 e. The number of alkyl halides is 1. The lowest BCUT2D eigenvalue weighted by Gasteiger charge is -2.11. The summed E-state index contributed by atoms with van der Waals surface area (Å²) < 4.78 is 21.4. The van der Waals surface area contributed by atoms with E-state index in [2.05, 4.69) is 4.98 Å². The maximum atomic E-state index is 14.5. The van der Waals surface area contributed by atoms with Gasteiger partial charge in [-0.15, -0.1) is 11.6 Å². The average Bonchev–Trinajstić information content (AvgIpc) is 2.98. The van der Waals surface area contributed by atoms with E-state index in [9.17, 15) is 14.3 Å². The highest BCUT2D eigenvalue weighted by Gasteiger charge is 2.14. The molecule has 0 saturated carbocycles. The number of imidazole rings is 1. The average molecular weight is 353 g/mol. The molecule has 0 fully saturated rings. The second-order valence-corrected chi connectivity index (χ2v) is 5.61. The third-order valence-corrected chi connectivity index (χ3v) is 3.74. The van der Waals surface area contributed by atoms with Crippen LogP contribution in [0.2, 0.25) is 0 Å². The molecule has 1 heterocycles. The fourth-order valence-electron chi connectivity index (χ4n) is 2.27. The number of aliphatic carboxylic acids is 1. The zero-order chi connectivity index (χ0) is 17.7. The Hall–Kier alpha value is -2.34. The summed E-state index contributed by atoms with van der Waals surface area (Å²) in [7, 11) is 1.47. The molecule has 5 nitrogen and oxygen atoms in total. The van der Waals surface area contributed by atoms with Gasteiger partial charge >= 0.3 is 5.97 Å². The first-order valence-corrected chi connectivity index (χ1v) is 7.88. The molecule has 0 saturated heterocycles. The highest BCUT2D eigenvalue weighted by atomic mass is 35.5. The summed E-state index contributed by atoms with van der Waals surface area (Å²) in [5, 5.41) is 9.24. The third-order valence-electron chi connectivity index (χ3n) is 3.47. The van der Waals surface area contributed by atoms with Crippen LogP contribution in [0.5, 0.6) is 5.75 Å². The molecule has 0 unspecified atom stereocenters. The molecule has 0 aliphatic carbocycles. The number of carboxylic acid groups (broad SMARTS) is 1. The number of hydrogen-bond donors (Lipinski definition) is 1. The highest BCUT2D eigenvalue weighted by Crippen LogP contribution is 2.28. The van der Waals surface area contributed by atoms with E-state index in [4.69, 9.17) is 16.3 Å². The molecule has 0 spiro atoms. The topological polar surface area (TPSA) is 64.3 Å². The van der Waals surface area contributed by atoms with Crippen molar-refractivity contribution in [2.75, 3.05) is 13.0 Å². The number of benzene rings is 1. The number of aromatic nitrogens is 2. The summed E-state index contributed by atoms with van der Waals surface area (Å²) in [5.41, 5.74) is 1.53. The lowest BCUT2D eigenvalue weighted by atomic mass is 10.1. The second-order valence-electron chi connectivity index (χ2n) is 5.24. The first-order valence-electron chi connectivity index (χ1n) is 7.34. The molecule has 0 radical (unpaired) electrons. The molecule has 2 aromatic rings. The van der Waals surface area contributed by atoms with Gasteiger partial charge in [-0.1, -0.05) is 0 Å². The lowest BCUT2D eigenvalue weighted by Crippen LogP contribution is -2.02. The molecule has 0 bridgehead atoms. The molecule has 0 aliphatic rings. The van der Waals surface area contributed by atoms with Gasteiger partial charge in [-0.25, -0.2) is 14.2 Å². The third kappa shape index (κ3) is 4.14. The molecule has 128 valence electrons. The summed E-state index contributed by atoms with van der Waals surface area (Å²) in [5.74, 6) is -0.869. The number of carbonyl (C=O) groups is 1. The van der Waals surface area contributed by atoms with Crippen LogP contribution in [-0.4, -0.2) is 33.6 Å². The zero-order valence-electron chi connectivity index (χ0n) is 13.4. The molecule has 0 aliphatic heterocycles. The van der Waals surface area contributed by atoms with Crippen LogP contribution in [0.3, 0.4) is 0 Å². The standard InChI is InChI=1S/C17H18ClFN2O3/c1-11-9-21(10-20-11)15-8-14(19)13(7-16(15)24-2)6-12(17(22)23)4-3-5-18/h6-10H,3-5H2,1-2H3,(H,22,23)/b12-6-. The summed E-state index contributed by atoms with van der Waals surface area (Å²) in [6, 6.07) is 2.77. The van der Waals surface area contributed by atoms with Crippen LogP contribution in [-0.2, 0) is 4.79 Å². The molecule has 0 amide bonds. The molecular formula is C17H18ClFN2O3. The van der Waals surface area contributed by atoms with Crippen molar-refractivity contribution in [3.8, 4) is 11.4 Å². The van der Waals surface area contributed by atoms with Crippen LogP contribution in [0, 0.1) is 12.7 Å². The molecular weight excluding hydrogens is 335 g/mol. The van der Waals surface area contributed by atoms with Crippen LogP contribution in [0.15, 0.2) is 30.2 Å². The molecule has 2 rings (SSSR count). The van der Waals surface area contributed by atoms with Crippen molar-refractivity contribution in [3.05, 3.63) is 47.3 Å². The Balaban J connectivity index is 2.47. The Morgan fingerprint density at radius 2 is 2.25 bits per heavy atom. The fourth-order valence-corrected chi connectivity index (χ4v) is 2.41. The van der Waals surface area contributed by atoms with Gasteiger partial charge in [0.05, 0.1) is 24.8 Å². The Morgan fingerprint density at radius 3 is 2.79 bits per heavy atom. The maximum absolute atomic E-state index is 14.5. The summed E-state index contributed by atoms with van der Waals surface area (Å²) in [4.78, 5) is 15.4. The monoisotopic (exact) mass is 352 g/mol. The number of methoxy groups -OCH3 is 1. The van der Waals surface area contributed by atoms with Gasteiger partial charge in [0.1, 0.15) is 11.6 Å². The summed E-state index contributed by atoms with van der Waals surface area (Å²) in [6.07, 6.45) is 5.39. The van der Waals surface area contributed by atoms with Crippen LogP contribution < -0.4 is 4.74 Å². The van der Waals surface area contributed by atoms with Crippen LogP contribution in [0.25, 0.3) is 11.8 Å². The van der Waals surface area contributed by atoms with Gasteiger partial charge in [0.15, 0.2) is 0 Å². The molecule has 1 N–H and O–H groups in total. The van der Waals surface area contributed by atoms with Gasteiger partial charge in [0.2, 0.25) is 0 Å². The first-order chi connectivity index (χ1) is 11.5. The van der Waals surface area contributed by atoms with E-state index in [1.54, 1.807) is 17.1 Å². The Labute approximate surface area is 144 Å². The van der Waals surface area contributed by atoms with E-state index >= 15 is 0 Å². The van der Waals surface area contributed by atoms with Crippen molar-refractivity contribution < 1.29 is 19.0 Å². The molecule has 24 heavy (non-hydrogen) atoms. The van der Waals surface area contributed by atoms with Crippen LogP contribution in [0.1, 0.15) is 24.1 Å². The van der Waals surface area contributed by atoms with E-state index in [1.807, 2.05) is 6.92 Å². The van der Waals surface area contributed by atoms with Crippen LogP contribution >= 0.6 is 11.6 Å². The van der Waals surface area contributed by atoms with E-state index in [0.29, 0.717) is 23.7 Å². The Kier molecular flexibility index (Phi) is 5.98. The first kappa shape index (κ1) is 18.0. The normalized spacial score (nSPS) is 11.6. The number of hydrogen-bond acceptors (Lipinski definition) is 3. The Morgan fingerprint density at radius 1 is 1.50 bits per heavy atom. The second kappa shape index (κ2) is 7.97. The van der Waals surface area contributed by atoms with Gasteiger partial charge in [0, 0.05) is 29.3 Å². The number of aryl methyl sites for hydroxylation is 1. The SMILES string of the molecule is COc1cc(/C=C(/CCCCl)C(=O)O)c(F)cc1-n1cnc(C)c1. The van der Waals surface area contributed by atoms with Crippen molar-refractivity contribution in [2.45, 2.75) is 19.8 Å². The Bertz CT molecular complexity index is 771. The lowest BCUT2D eigenvalue weighted by molar-refractivity contribution is -0.132. The zero-order valence-corrected chi connectivity index (χ0v) is 14.2. The number of nitrogens with zero attached hydrogens (tertiary/aromatic N) is 2. The number of ether oxygens (including phenoxy) is 1.